The predicted octanol–water partition coefficient (Wildman–Crippen LogP) is 3.41. The molecular weight excluding hydrogens is 483 g/mol. The zero-order valence-electron chi connectivity index (χ0n) is 17.0. The Kier molecular flexibility index (Phi) is 11.6. The number of guanidine groups is 1. The molecule has 0 aromatic heterocycles. The van der Waals surface area contributed by atoms with Crippen molar-refractivity contribution in [2.45, 2.75) is 20.4 Å². The van der Waals surface area contributed by atoms with Crippen LogP contribution in [0.25, 0.3) is 0 Å². The summed E-state index contributed by atoms with van der Waals surface area (Å²) >= 11 is 0. The zero-order chi connectivity index (χ0) is 20.2. The summed E-state index contributed by atoms with van der Waals surface area (Å²) in [4.78, 5) is 15.3. The lowest BCUT2D eigenvalue weighted by atomic mass is 10.2. The van der Waals surface area contributed by atoms with E-state index in [1.807, 2.05) is 49.4 Å². The van der Waals surface area contributed by atoms with Gasteiger partial charge in [-0.25, -0.2) is 0 Å². The molecule has 0 bridgehead atoms. The molecule has 0 heterocycles. The molecule has 0 atom stereocenters. The van der Waals surface area contributed by atoms with Crippen molar-refractivity contribution in [2.24, 2.45) is 4.99 Å². The standard InChI is InChI=1S/C21H28N4O3.HI/c1-4-27-20-11-6-5-8-17(20)15-24-21(22-3)23-12-13-28-19-10-7-9-18(14-19)25-16(2)26;/h5-11,14H,4,12-13,15H2,1-3H3,(H,25,26)(H2,22,23,24);1H. The number of hydrogen-bond acceptors (Lipinski definition) is 4. The highest BCUT2D eigenvalue weighted by Crippen LogP contribution is 2.18. The minimum atomic E-state index is -0.111. The van der Waals surface area contributed by atoms with E-state index in [1.165, 1.54) is 6.92 Å². The van der Waals surface area contributed by atoms with Crippen molar-refractivity contribution in [3.8, 4) is 11.5 Å². The molecule has 0 saturated carbocycles. The van der Waals surface area contributed by atoms with Crippen LogP contribution in [0.3, 0.4) is 0 Å². The van der Waals surface area contributed by atoms with Crippen molar-refractivity contribution in [3.05, 3.63) is 54.1 Å². The fourth-order valence-electron chi connectivity index (χ4n) is 2.55. The Hall–Kier alpha value is -2.49. The molecule has 2 aromatic carbocycles. The van der Waals surface area contributed by atoms with Crippen molar-refractivity contribution in [3.63, 3.8) is 0 Å². The topological polar surface area (TPSA) is 84.0 Å². The van der Waals surface area contributed by atoms with Crippen LogP contribution in [0.4, 0.5) is 5.69 Å². The Morgan fingerprint density at radius 3 is 2.59 bits per heavy atom. The fourth-order valence-corrected chi connectivity index (χ4v) is 2.55. The van der Waals surface area contributed by atoms with E-state index in [0.717, 1.165) is 11.3 Å². The number of carbonyl (C=O) groups is 1. The molecule has 2 aromatic rings. The number of carbonyl (C=O) groups excluding carboxylic acids is 1. The highest BCUT2D eigenvalue weighted by atomic mass is 127. The monoisotopic (exact) mass is 512 g/mol. The molecule has 7 nitrogen and oxygen atoms in total. The van der Waals surface area contributed by atoms with Gasteiger partial charge in [0.2, 0.25) is 5.91 Å². The number of para-hydroxylation sites is 1. The molecule has 0 aliphatic heterocycles. The zero-order valence-corrected chi connectivity index (χ0v) is 19.4. The van der Waals surface area contributed by atoms with Crippen LogP contribution >= 0.6 is 24.0 Å². The van der Waals surface area contributed by atoms with Crippen LogP contribution in [0.2, 0.25) is 0 Å². The molecule has 0 aliphatic carbocycles. The van der Waals surface area contributed by atoms with Crippen molar-refractivity contribution in [1.82, 2.24) is 10.6 Å². The maximum Gasteiger partial charge on any atom is 0.221 e. The molecule has 29 heavy (non-hydrogen) atoms. The minimum absolute atomic E-state index is 0. The highest BCUT2D eigenvalue weighted by Gasteiger charge is 2.04. The first-order chi connectivity index (χ1) is 13.6. The summed E-state index contributed by atoms with van der Waals surface area (Å²) in [5.74, 6) is 2.14. The van der Waals surface area contributed by atoms with Crippen molar-refractivity contribution in [1.29, 1.82) is 0 Å². The molecule has 0 spiro atoms. The molecule has 158 valence electrons. The lowest BCUT2D eigenvalue weighted by Crippen LogP contribution is -2.38. The molecular formula is C21H29IN4O3. The van der Waals surface area contributed by atoms with Gasteiger partial charge in [-0.3, -0.25) is 9.79 Å². The SMILES string of the molecule is CCOc1ccccc1CNC(=NC)NCCOc1cccc(NC(C)=O)c1.I. The summed E-state index contributed by atoms with van der Waals surface area (Å²) in [6.45, 7) is 5.72. The van der Waals surface area contributed by atoms with Gasteiger partial charge >= 0.3 is 0 Å². The van der Waals surface area contributed by atoms with Gasteiger partial charge in [-0.1, -0.05) is 24.3 Å². The quantitative estimate of drug-likeness (QED) is 0.208. The largest absolute Gasteiger partial charge is 0.494 e. The third-order valence-corrected chi connectivity index (χ3v) is 3.76. The number of anilines is 1. The van der Waals surface area contributed by atoms with E-state index in [9.17, 15) is 4.79 Å². The Labute approximate surface area is 189 Å². The van der Waals surface area contributed by atoms with E-state index in [2.05, 4.69) is 20.9 Å². The Bertz CT molecular complexity index is 799. The summed E-state index contributed by atoms with van der Waals surface area (Å²) < 4.78 is 11.4. The number of nitrogens with one attached hydrogen (secondary N) is 3. The van der Waals surface area contributed by atoms with Crippen LogP contribution in [0.1, 0.15) is 19.4 Å². The molecule has 0 saturated heterocycles. The Morgan fingerprint density at radius 2 is 1.86 bits per heavy atom. The third kappa shape index (κ3) is 9.03. The van der Waals surface area contributed by atoms with Gasteiger partial charge in [-0.05, 0) is 25.1 Å². The van der Waals surface area contributed by atoms with Crippen LogP contribution in [0.5, 0.6) is 11.5 Å². The molecule has 0 fully saturated rings. The summed E-state index contributed by atoms with van der Waals surface area (Å²) in [6.07, 6.45) is 0. The van der Waals surface area contributed by atoms with E-state index in [1.54, 1.807) is 13.1 Å². The van der Waals surface area contributed by atoms with E-state index in [4.69, 9.17) is 9.47 Å². The molecule has 0 aliphatic rings. The van der Waals surface area contributed by atoms with Crippen LogP contribution in [-0.2, 0) is 11.3 Å². The number of aliphatic imine (C=N–C) groups is 1. The third-order valence-electron chi connectivity index (χ3n) is 3.76. The first-order valence-corrected chi connectivity index (χ1v) is 9.28. The van der Waals surface area contributed by atoms with E-state index < -0.39 is 0 Å². The maximum absolute atomic E-state index is 11.1. The maximum atomic E-state index is 11.1. The van der Waals surface area contributed by atoms with E-state index in [-0.39, 0.29) is 29.9 Å². The Balaban J connectivity index is 0.00000420. The van der Waals surface area contributed by atoms with E-state index >= 15 is 0 Å². The number of amides is 1. The summed E-state index contributed by atoms with van der Waals surface area (Å²) in [5.41, 5.74) is 1.78. The van der Waals surface area contributed by atoms with Crippen LogP contribution in [0, 0.1) is 0 Å². The number of halogens is 1. The van der Waals surface area contributed by atoms with Gasteiger partial charge in [0.1, 0.15) is 18.1 Å². The second kappa shape index (κ2) is 13.6. The lowest BCUT2D eigenvalue weighted by molar-refractivity contribution is -0.114. The second-order valence-corrected chi connectivity index (χ2v) is 5.95. The van der Waals surface area contributed by atoms with Gasteiger partial charge in [-0.15, -0.1) is 24.0 Å². The van der Waals surface area contributed by atoms with Gasteiger partial charge < -0.3 is 25.4 Å². The predicted molar refractivity (Wildman–Crippen MR) is 127 cm³/mol. The number of rotatable bonds is 9. The van der Waals surface area contributed by atoms with Gasteiger partial charge in [-0.2, -0.15) is 0 Å². The molecule has 1 amide bonds. The van der Waals surface area contributed by atoms with Crippen molar-refractivity contribution < 1.29 is 14.3 Å². The van der Waals surface area contributed by atoms with Crippen LogP contribution in [0.15, 0.2) is 53.5 Å². The summed E-state index contributed by atoms with van der Waals surface area (Å²) in [5, 5.41) is 9.22. The second-order valence-electron chi connectivity index (χ2n) is 5.95. The average Bonchev–Trinajstić information content (AvgIpc) is 2.68. The summed E-state index contributed by atoms with van der Waals surface area (Å²) in [6, 6.07) is 15.2. The average molecular weight is 512 g/mol. The van der Waals surface area contributed by atoms with Gasteiger partial charge in [0.15, 0.2) is 5.96 Å². The number of ether oxygens (including phenoxy) is 2. The Morgan fingerprint density at radius 1 is 1.07 bits per heavy atom. The van der Waals surface area contributed by atoms with Gasteiger partial charge in [0.25, 0.3) is 0 Å². The van der Waals surface area contributed by atoms with Crippen LogP contribution in [-0.4, -0.2) is 38.7 Å². The number of hydrogen-bond donors (Lipinski definition) is 3. The number of nitrogens with zero attached hydrogens (tertiary/aromatic N) is 1. The first kappa shape index (κ1) is 24.5. The molecule has 0 radical (unpaired) electrons. The highest BCUT2D eigenvalue weighted by molar-refractivity contribution is 14.0. The normalized spacial score (nSPS) is 10.5. The van der Waals surface area contributed by atoms with E-state index in [0.29, 0.717) is 43.7 Å². The van der Waals surface area contributed by atoms with Gasteiger partial charge in [0, 0.05) is 37.8 Å². The minimum Gasteiger partial charge on any atom is -0.494 e. The smallest absolute Gasteiger partial charge is 0.221 e. The molecule has 3 N–H and O–H groups in total. The number of benzene rings is 2. The summed E-state index contributed by atoms with van der Waals surface area (Å²) in [7, 11) is 1.72. The molecule has 0 unspecified atom stereocenters. The van der Waals surface area contributed by atoms with Crippen molar-refractivity contribution in [2.75, 3.05) is 32.1 Å². The fraction of sp³-hybridized carbons (Fsp3) is 0.333. The van der Waals surface area contributed by atoms with Crippen LogP contribution < -0.4 is 25.4 Å². The lowest BCUT2D eigenvalue weighted by Gasteiger charge is -2.15. The molecule has 8 heteroatoms. The molecule has 2 rings (SSSR count). The van der Waals surface area contributed by atoms with Crippen molar-refractivity contribution >= 4 is 41.5 Å². The van der Waals surface area contributed by atoms with Gasteiger partial charge in [0.05, 0.1) is 13.2 Å². The first-order valence-electron chi connectivity index (χ1n) is 9.28.